The van der Waals surface area contributed by atoms with E-state index in [-0.39, 0.29) is 32.5 Å². The summed E-state index contributed by atoms with van der Waals surface area (Å²) >= 11 is -1.80. The third-order valence-corrected chi connectivity index (χ3v) is 39.4. The van der Waals surface area contributed by atoms with Crippen LogP contribution in [0.15, 0.2) is 229 Å². The second-order valence-corrected chi connectivity index (χ2v) is 69.5. The van der Waals surface area contributed by atoms with Crippen molar-refractivity contribution in [3.05, 3.63) is 280 Å². The third kappa shape index (κ3) is 20.4. The Bertz CT molecular complexity index is 5630. The fourth-order valence-corrected chi connectivity index (χ4v) is 34.6. The van der Waals surface area contributed by atoms with Crippen molar-refractivity contribution in [1.29, 1.82) is 10.5 Å². The van der Waals surface area contributed by atoms with Gasteiger partial charge in [-0.2, -0.15) is 10.5 Å². The zero-order valence-corrected chi connectivity index (χ0v) is 84.0. The van der Waals surface area contributed by atoms with Crippen molar-refractivity contribution in [1.82, 2.24) is 4.98 Å². The monoisotopic (exact) mass is 1690 g/mol. The summed E-state index contributed by atoms with van der Waals surface area (Å²) in [5.74, 6) is 5.20. The van der Waals surface area contributed by atoms with E-state index in [1.54, 1.807) is 60.5 Å². The van der Waals surface area contributed by atoms with Gasteiger partial charge in [-0.05, 0) is 152 Å². The molecule has 4 heterocycles. The van der Waals surface area contributed by atoms with Crippen LogP contribution in [0, 0.1) is 22.7 Å². The Morgan fingerprint density at radius 2 is 0.840 bits per heavy atom. The molecule has 4 nitrogen and oxygen atoms in total. The smallest absolute Gasteiger partial charge is 0.101 e. The summed E-state index contributed by atoms with van der Waals surface area (Å²) < 4.78 is 7.88. The summed E-state index contributed by atoms with van der Waals surface area (Å²) in [6, 6.07) is 84.2. The Kier molecular flexibility index (Phi) is 27.0. The first-order valence-electron chi connectivity index (χ1n) is 43.7. The SMILES string of the molecule is CC(C)(C)c1c([Si](C)(C)C)ccc2oc3ccccc3c12.CC(C)(C)c1ccc2c(c1[Si](C)(C)C)-c1ccccc1-c1ccccc1-c1ccccc1-2.CC(C)(C)c1cccc2[c]1[Ge]([CH3])([CH3])[CH2]CC2(C)C.CC(C)(C)c1cccc2c1[Si](C)(C)CCC2(C)C.CC(C)(C)c1ccccc1-c1ccccc1C#N.CC(C)(C)c1ncccc1C#N. The van der Waals surface area contributed by atoms with Gasteiger partial charge in [0.05, 0.1) is 47.1 Å². The van der Waals surface area contributed by atoms with Crippen LogP contribution in [0.5, 0.6) is 0 Å². The van der Waals surface area contributed by atoms with E-state index in [1.807, 2.05) is 36.4 Å². The molecule has 3 aliphatic rings. The number of nitrogens with zero attached hydrogens (tertiary/aromatic N) is 3. The molecule has 2 aromatic heterocycles. The number of hydrogen-bond acceptors (Lipinski definition) is 4. The molecule has 0 radical (unpaired) electrons. The summed E-state index contributed by atoms with van der Waals surface area (Å²) in [4.78, 5) is 4.20. The second kappa shape index (κ2) is 34.7. The van der Waals surface area contributed by atoms with Crippen LogP contribution < -0.4 is 20.0 Å². The van der Waals surface area contributed by atoms with Gasteiger partial charge >= 0.3 is 116 Å². The molecule has 10 aromatic carbocycles. The van der Waals surface area contributed by atoms with Crippen LogP contribution in [-0.4, -0.2) is 42.5 Å². The van der Waals surface area contributed by atoms with Crippen molar-refractivity contribution < 1.29 is 4.42 Å². The van der Waals surface area contributed by atoms with Crippen LogP contribution in [0.2, 0.25) is 75.2 Å². The molecule has 0 saturated heterocycles. The van der Waals surface area contributed by atoms with Crippen molar-refractivity contribution in [2.24, 2.45) is 0 Å². The van der Waals surface area contributed by atoms with Gasteiger partial charge < -0.3 is 4.42 Å². The van der Waals surface area contributed by atoms with E-state index in [4.69, 9.17) is 9.68 Å². The molecule has 0 bridgehead atoms. The summed E-state index contributed by atoms with van der Waals surface area (Å²) in [5, 5.41) is 27.0. The molecule has 119 heavy (non-hydrogen) atoms. The van der Waals surface area contributed by atoms with Gasteiger partial charge in [-0.25, -0.2) is 0 Å². The molecule has 0 saturated carbocycles. The molecule has 12 aromatic rings. The maximum absolute atomic E-state index is 9.22. The van der Waals surface area contributed by atoms with Gasteiger partial charge in [0.15, 0.2) is 0 Å². The van der Waals surface area contributed by atoms with Crippen LogP contribution in [0.1, 0.15) is 221 Å². The van der Waals surface area contributed by atoms with Gasteiger partial charge in [-0.3, -0.25) is 4.98 Å². The molecule has 0 fully saturated rings. The molecule has 8 heteroatoms. The molecule has 0 atom stereocenters. The maximum Gasteiger partial charge on any atom is 0.101 e. The van der Waals surface area contributed by atoms with Crippen molar-refractivity contribution in [3.63, 3.8) is 0 Å². The molecule has 622 valence electrons. The summed E-state index contributed by atoms with van der Waals surface area (Å²) in [6.07, 6.45) is 4.45. The van der Waals surface area contributed by atoms with E-state index in [0.29, 0.717) is 16.4 Å². The summed E-state index contributed by atoms with van der Waals surface area (Å²) in [6.45, 7) is 70.5. The number of nitriles is 2. The number of aromatic nitrogens is 1. The van der Waals surface area contributed by atoms with Gasteiger partial charge in [0.1, 0.15) is 17.2 Å². The van der Waals surface area contributed by atoms with E-state index in [0.717, 1.165) is 33.6 Å². The minimum absolute atomic E-state index is 0.0493. The van der Waals surface area contributed by atoms with Crippen molar-refractivity contribution >= 4 is 79.4 Å². The van der Waals surface area contributed by atoms with Crippen LogP contribution in [-0.2, 0) is 43.3 Å². The fourth-order valence-electron chi connectivity index (χ4n) is 18.6. The Balaban J connectivity index is 0.000000154. The van der Waals surface area contributed by atoms with E-state index < -0.39 is 37.5 Å². The number of furan rings is 1. The van der Waals surface area contributed by atoms with Crippen molar-refractivity contribution in [2.45, 2.75) is 284 Å². The zero-order chi connectivity index (χ0) is 88.0. The maximum atomic E-state index is 9.22. The number of pyridine rings is 1. The van der Waals surface area contributed by atoms with E-state index in [9.17, 15) is 5.26 Å². The number of para-hydroxylation sites is 1. The van der Waals surface area contributed by atoms with Gasteiger partial charge in [0.2, 0.25) is 0 Å². The Labute approximate surface area is 725 Å². The quantitative estimate of drug-likeness (QED) is 0.165. The molecule has 15 rings (SSSR count). The largest absolute Gasteiger partial charge is 0.259 e. The topological polar surface area (TPSA) is 73.6 Å². The molecule has 0 unspecified atom stereocenters. The summed E-state index contributed by atoms with van der Waals surface area (Å²) in [7, 11) is -4.35. The molecule has 0 amide bonds. The second-order valence-electron chi connectivity index (χ2n) is 44.7. The van der Waals surface area contributed by atoms with E-state index in [1.165, 1.54) is 96.1 Å². The predicted octanol–water partition coefficient (Wildman–Crippen LogP) is 29.9. The van der Waals surface area contributed by atoms with E-state index in [2.05, 4.69) is 403 Å². The number of fused-ring (bicyclic) bond motifs is 13. The average Bonchev–Trinajstić information content (AvgIpc) is 1.61. The molecule has 0 spiro atoms. The number of hydrogen-bond donors (Lipinski definition) is 0. The van der Waals surface area contributed by atoms with Gasteiger partial charge in [0.25, 0.3) is 0 Å². The molecule has 2 aliphatic heterocycles. The van der Waals surface area contributed by atoms with Crippen LogP contribution >= 0.6 is 0 Å². The molecular weight excluding hydrogens is 1550 g/mol. The molecule has 0 N–H and O–H groups in total. The normalized spacial score (nSPS) is 15.0. The molecule has 1 aliphatic carbocycles. The van der Waals surface area contributed by atoms with Gasteiger partial charge in [0, 0.05) is 22.4 Å². The molecular formula is C111H141GeN3OSi3. The first-order chi connectivity index (χ1) is 55.1. The minimum atomic E-state index is -1.80. The van der Waals surface area contributed by atoms with Crippen LogP contribution in [0.3, 0.4) is 0 Å². The van der Waals surface area contributed by atoms with Crippen LogP contribution in [0.4, 0.5) is 0 Å². The van der Waals surface area contributed by atoms with Gasteiger partial charge in [-0.1, -0.05) is 356 Å². The minimum Gasteiger partial charge on any atom is -0.259 e. The standard InChI is InChI=1S/C31H32Si.C19H24OSi.C17H28Ge.C17H17N.C17H28Si.C10H12N2/c1-31(2,3)28-20-19-27-25-17-10-9-15-23(25)21-13-7-8-14-22(21)24-16-11-12-18-26(24)29(27)30(28)32(4,5)6;1-19(2,3)18-16(21(4,5)6)12-11-15-17(18)13-9-7-8-10-14(13)20-15;1-16(2,3)13-9-8-10-14-15(13)18(6,7)12-11-17(14,4)5;1-17(2,3)16-11-7-6-10-15(16)14-9-5-4-8-13(14)12-18;1-16(2,3)13-9-8-10-14-15(13)18(6,7)12-11-17(14,4)5;1-10(2,3)9-8(7-11)5-4-6-12-9/h7-20H,1-6H3;7-12H,1-6H3;8-10H,11-12H2,1-7H3;4-11H,1-3H3;8-10H,11-12H2,1-7H3;4-6H,1-3H3. The van der Waals surface area contributed by atoms with Crippen molar-refractivity contribution in [3.8, 4) is 67.8 Å². The fraction of sp³-hybridized carbons (Fsp3) is 0.396. The van der Waals surface area contributed by atoms with Crippen LogP contribution in [0.25, 0.3) is 77.6 Å². The van der Waals surface area contributed by atoms with E-state index >= 15 is 0 Å². The first-order valence-corrected chi connectivity index (χ1v) is 60.7. The number of benzene rings is 10. The van der Waals surface area contributed by atoms with Gasteiger partial charge in [-0.15, -0.1) is 0 Å². The third-order valence-electron chi connectivity index (χ3n) is 24.8. The first kappa shape index (κ1) is 92.6. The summed E-state index contributed by atoms with van der Waals surface area (Å²) in [5.41, 5.74) is 29.5. The van der Waals surface area contributed by atoms with Crippen molar-refractivity contribution in [2.75, 3.05) is 0 Å². The average molecular weight is 1690 g/mol. The Morgan fingerprint density at radius 3 is 1.34 bits per heavy atom. The number of rotatable bonds is 3. The zero-order valence-electron chi connectivity index (χ0n) is 78.9. The Hall–Kier alpha value is -8.68. The predicted molar refractivity (Wildman–Crippen MR) is 531 cm³/mol. The Morgan fingerprint density at radius 1 is 0.395 bits per heavy atom.